The average Bonchev–Trinajstić information content (AvgIpc) is 2.31. The number of hydrogen-bond donors (Lipinski definition) is 0. The van der Waals surface area contributed by atoms with E-state index in [-0.39, 0.29) is 62.5 Å². The molecule has 1 aromatic rings. The predicted molar refractivity (Wildman–Crippen MR) is 38.4 cm³/mol. The van der Waals surface area contributed by atoms with Gasteiger partial charge in [0.25, 0.3) is 0 Å². The van der Waals surface area contributed by atoms with Crippen molar-refractivity contribution >= 4 is 30.1 Å². The van der Waals surface area contributed by atoms with E-state index in [0.29, 0.717) is 0 Å². The first kappa shape index (κ1) is 12.9. The number of thiophene rings is 1. The summed E-state index contributed by atoms with van der Waals surface area (Å²) >= 11 is 0.804. The maximum Gasteiger partial charge on any atom is 1.00 e. The fourth-order valence-corrected chi connectivity index (χ4v) is 1.45. The topological polar surface area (TPSA) is 17.1 Å². The molecule has 0 fully saturated rings. The Bertz CT molecular complexity index is 272. The standard InChI is InChI=1S/C5H3BF3OS.K/c7-6(8,9)4-1-2-11-5(4)3-10;/h1-3H;/q-1;+1. The van der Waals surface area contributed by atoms with Gasteiger partial charge in [0, 0.05) is 4.88 Å². The van der Waals surface area contributed by atoms with Crippen LogP contribution in [0.3, 0.4) is 0 Å². The molecule has 0 amide bonds. The molecule has 60 valence electrons. The van der Waals surface area contributed by atoms with Crippen LogP contribution >= 0.6 is 11.3 Å². The van der Waals surface area contributed by atoms with E-state index < -0.39 is 12.4 Å². The molecule has 0 aromatic carbocycles. The fraction of sp³-hybridized carbons (Fsp3) is 0. The van der Waals surface area contributed by atoms with Crippen LogP contribution in [-0.4, -0.2) is 13.3 Å². The van der Waals surface area contributed by atoms with Crippen molar-refractivity contribution in [2.45, 2.75) is 0 Å². The minimum atomic E-state index is -5.02. The number of hydrogen-bond acceptors (Lipinski definition) is 2. The van der Waals surface area contributed by atoms with Gasteiger partial charge in [-0.3, -0.25) is 4.79 Å². The van der Waals surface area contributed by atoms with Crippen LogP contribution in [0.15, 0.2) is 11.4 Å². The van der Waals surface area contributed by atoms with Crippen molar-refractivity contribution in [2.24, 2.45) is 0 Å². The van der Waals surface area contributed by atoms with Crippen LogP contribution in [-0.2, 0) is 0 Å². The minimum Gasteiger partial charge on any atom is -0.445 e. The van der Waals surface area contributed by atoms with Crippen molar-refractivity contribution in [3.63, 3.8) is 0 Å². The molecule has 0 aliphatic carbocycles. The van der Waals surface area contributed by atoms with Crippen LogP contribution in [0.2, 0.25) is 0 Å². The van der Waals surface area contributed by atoms with Gasteiger partial charge >= 0.3 is 58.4 Å². The van der Waals surface area contributed by atoms with E-state index in [0.717, 1.165) is 17.4 Å². The summed E-state index contributed by atoms with van der Waals surface area (Å²) in [6.07, 6.45) is 0.231. The van der Waals surface area contributed by atoms with Gasteiger partial charge in [-0.15, -0.1) is 11.3 Å². The van der Waals surface area contributed by atoms with E-state index in [2.05, 4.69) is 0 Å². The van der Waals surface area contributed by atoms with E-state index >= 15 is 0 Å². The Morgan fingerprint density at radius 1 is 1.42 bits per heavy atom. The summed E-state index contributed by atoms with van der Waals surface area (Å²) in [5, 5.41) is 1.26. The Morgan fingerprint density at radius 3 is 2.33 bits per heavy atom. The van der Waals surface area contributed by atoms with Crippen LogP contribution < -0.4 is 56.8 Å². The zero-order chi connectivity index (χ0) is 8.48. The Kier molecular flexibility index (Phi) is 5.27. The van der Waals surface area contributed by atoms with Crippen molar-refractivity contribution in [3.8, 4) is 0 Å². The molecular weight excluding hydrogens is 215 g/mol. The Labute approximate surface area is 114 Å². The monoisotopic (exact) mass is 218 g/mol. The molecule has 7 heteroatoms. The first-order valence-electron chi connectivity index (χ1n) is 2.78. The maximum absolute atomic E-state index is 12.0. The first-order chi connectivity index (χ1) is 5.05. The Morgan fingerprint density at radius 2 is 2.00 bits per heavy atom. The molecule has 0 radical (unpaired) electrons. The molecule has 0 saturated heterocycles. The van der Waals surface area contributed by atoms with E-state index in [1.54, 1.807) is 0 Å². The van der Waals surface area contributed by atoms with Crippen molar-refractivity contribution in [1.29, 1.82) is 0 Å². The molecule has 0 N–H and O–H groups in total. The summed E-state index contributed by atoms with van der Waals surface area (Å²) in [5.41, 5.74) is -0.787. The molecule has 1 heterocycles. The van der Waals surface area contributed by atoms with Gasteiger partial charge in [0.05, 0.1) is 0 Å². The molecule has 1 nitrogen and oxygen atoms in total. The van der Waals surface area contributed by atoms with E-state index in [9.17, 15) is 17.7 Å². The SMILES string of the molecule is O=Cc1sccc1[B-](F)(F)F.[K+]. The molecule has 1 rings (SSSR count). The molecule has 0 saturated carbocycles. The van der Waals surface area contributed by atoms with Crippen LogP contribution in [0.4, 0.5) is 12.9 Å². The van der Waals surface area contributed by atoms with Gasteiger partial charge in [-0.1, -0.05) is 11.5 Å². The zero-order valence-electron chi connectivity index (χ0n) is 6.26. The number of carbonyl (C=O) groups is 1. The molecule has 12 heavy (non-hydrogen) atoms. The molecule has 0 aliphatic heterocycles. The largest absolute Gasteiger partial charge is 1.00 e. The number of halogens is 3. The quantitative estimate of drug-likeness (QED) is 0.441. The van der Waals surface area contributed by atoms with E-state index in [1.807, 2.05) is 0 Å². The molecule has 1 aromatic heterocycles. The van der Waals surface area contributed by atoms with E-state index in [4.69, 9.17) is 0 Å². The number of carbonyl (C=O) groups excluding carboxylic acids is 1. The summed E-state index contributed by atoms with van der Waals surface area (Å²) < 4.78 is 35.9. The molecule has 0 aliphatic rings. The van der Waals surface area contributed by atoms with Gasteiger partial charge in [0.2, 0.25) is 0 Å². The van der Waals surface area contributed by atoms with Crippen LogP contribution in [0.1, 0.15) is 9.67 Å². The summed E-state index contributed by atoms with van der Waals surface area (Å²) in [6.45, 7) is -5.02. The third-order valence-electron chi connectivity index (χ3n) is 1.19. The summed E-state index contributed by atoms with van der Waals surface area (Å²) in [7, 11) is 0. The van der Waals surface area contributed by atoms with E-state index in [1.165, 1.54) is 5.38 Å². The summed E-state index contributed by atoms with van der Waals surface area (Å²) in [6, 6.07) is 0.925. The second kappa shape index (κ2) is 4.92. The molecule has 0 bridgehead atoms. The van der Waals surface area contributed by atoms with Gasteiger partial charge in [-0.2, -0.15) is 0 Å². The summed E-state index contributed by atoms with van der Waals surface area (Å²) in [4.78, 5) is 9.82. The minimum absolute atomic E-state index is 0. The predicted octanol–water partition coefficient (Wildman–Crippen LogP) is -1.38. The van der Waals surface area contributed by atoms with Crippen molar-refractivity contribution in [1.82, 2.24) is 0 Å². The van der Waals surface area contributed by atoms with Crippen LogP contribution in [0.5, 0.6) is 0 Å². The third kappa shape index (κ3) is 2.97. The van der Waals surface area contributed by atoms with Gasteiger partial charge in [-0.25, -0.2) is 0 Å². The zero-order valence-corrected chi connectivity index (χ0v) is 10.2. The van der Waals surface area contributed by atoms with Crippen molar-refractivity contribution in [2.75, 3.05) is 0 Å². The third-order valence-corrected chi connectivity index (χ3v) is 2.04. The van der Waals surface area contributed by atoms with Crippen LogP contribution in [0.25, 0.3) is 0 Å². The summed E-state index contributed by atoms with van der Waals surface area (Å²) in [5.74, 6) is 0. The van der Waals surface area contributed by atoms with Crippen molar-refractivity contribution < 1.29 is 69.1 Å². The Hall–Kier alpha value is 0.861. The van der Waals surface area contributed by atoms with Crippen LogP contribution in [0, 0.1) is 0 Å². The van der Waals surface area contributed by atoms with Gasteiger partial charge in [0.1, 0.15) is 0 Å². The number of aldehydes is 1. The molecular formula is C5H3BF3KOS. The molecule has 0 atom stereocenters. The second-order valence-corrected chi connectivity index (χ2v) is 2.88. The maximum atomic E-state index is 12.0. The van der Waals surface area contributed by atoms with Crippen molar-refractivity contribution in [3.05, 3.63) is 16.3 Å². The van der Waals surface area contributed by atoms with Gasteiger partial charge < -0.3 is 12.9 Å². The molecule has 0 unspecified atom stereocenters. The molecule has 0 spiro atoms. The smallest absolute Gasteiger partial charge is 0.445 e. The normalized spacial score (nSPS) is 10.6. The fourth-order valence-electron chi connectivity index (χ4n) is 0.697. The number of rotatable bonds is 2. The van der Waals surface area contributed by atoms with Gasteiger partial charge in [0.15, 0.2) is 6.29 Å². The van der Waals surface area contributed by atoms with Gasteiger partial charge in [-0.05, 0) is 5.38 Å². The second-order valence-electron chi connectivity index (χ2n) is 1.93. The average molecular weight is 218 g/mol. The Balaban J connectivity index is 0.00000121. The first-order valence-corrected chi connectivity index (χ1v) is 3.66.